The molecule has 140 valence electrons. The van der Waals surface area contributed by atoms with E-state index < -0.39 is 0 Å². The molecule has 0 amide bonds. The molecule has 1 saturated heterocycles. The minimum Gasteiger partial charge on any atom is -0.370 e. The predicted molar refractivity (Wildman–Crippen MR) is 116 cm³/mol. The van der Waals surface area contributed by atoms with Crippen LogP contribution in [0.3, 0.4) is 0 Å². The van der Waals surface area contributed by atoms with Crippen molar-refractivity contribution in [3.05, 3.63) is 24.4 Å². The van der Waals surface area contributed by atoms with Crippen LogP contribution in [-0.4, -0.2) is 49.1 Å². The molecule has 2 fully saturated rings. The van der Waals surface area contributed by atoms with Gasteiger partial charge in [-0.05, 0) is 49.7 Å². The summed E-state index contributed by atoms with van der Waals surface area (Å²) in [6.07, 6.45) is 11.1. The van der Waals surface area contributed by atoms with Gasteiger partial charge in [-0.1, -0.05) is 18.9 Å². The van der Waals surface area contributed by atoms with Crippen molar-refractivity contribution in [3.8, 4) is 0 Å². The second-order valence-electron chi connectivity index (χ2n) is 7.20. The number of guanidine groups is 1. The third-order valence-electron chi connectivity index (χ3n) is 5.47. The first kappa shape index (κ1) is 20.3. The highest BCUT2D eigenvalue weighted by Crippen LogP contribution is 2.45. The standard InChI is InChI=1S/C19H31N5.HI/c1-20-18(24-15-11-19(16-24)9-3-4-10-19)23-14-7-6-13-22-17-8-2-5-12-21-17;/h2,5,8,12H,3-4,6-7,9-11,13-16H2,1H3,(H,20,23)(H,21,22);1H. The fraction of sp³-hybridized carbons (Fsp3) is 0.684. The molecule has 5 nitrogen and oxygen atoms in total. The fourth-order valence-electron chi connectivity index (χ4n) is 4.12. The van der Waals surface area contributed by atoms with Crippen LogP contribution in [0.4, 0.5) is 5.82 Å². The van der Waals surface area contributed by atoms with Gasteiger partial charge in [0, 0.05) is 39.4 Å². The molecule has 2 aliphatic rings. The zero-order valence-electron chi connectivity index (χ0n) is 15.3. The summed E-state index contributed by atoms with van der Waals surface area (Å²) in [5, 5.41) is 6.90. The number of aliphatic imine (C=N–C) groups is 1. The second kappa shape index (κ2) is 10.2. The molecule has 0 radical (unpaired) electrons. The molecule has 1 spiro atoms. The molecule has 0 unspecified atom stereocenters. The molecule has 1 saturated carbocycles. The summed E-state index contributed by atoms with van der Waals surface area (Å²) in [5.41, 5.74) is 0.601. The predicted octanol–water partition coefficient (Wildman–Crippen LogP) is 3.73. The SMILES string of the molecule is CN=C(NCCCCNc1ccccn1)N1CCC2(CCCC2)C1.I. The highest BCUT2D eigenvalue weighted by Gasteiger charge is 2.40. The van der Waals surface area contributed by atoms with Crippen molar-refractivity contribution in [3.63, 3.8) is 0 Å². The molecule has 0 atom stereocenters. The van der Waals surface area contributed by atoms with E-state index in [0.717, 1.165) is 37.7 Å². The van der Waals surface area contributed by atoms with Crippen LogP contribution in [0.2, 0.25) is 0 Å². The van der Waals surface area contributed by atoms with Gasteiger partial charge in [0.05, 0.1) is 0 Å². The van der Waals surface area contributed by atoms with E-state index in [1.54, 1.807) is 0 Å². The number of likely N-dealkylation sites (tertiary alicyclic amines) is 1. The Bertz CT molecular complexity index is 528. The normalized spacial score (nSPS) is 19.1. The summed E-state index contributed by atoms with van der Waals surface area (Å²) < 4.78 is 0. The smallest absolute Gasteiger partial charge is 0.193 e. The van der Waals surface area contributed by atoms with Crippen molar-refractivity contribution in [2.75, 3.05) is 38.5 Å². The molecule has 1 aromatic heterocycles. The Balaban J connectivity index is 0.00000225. The summed E-state index contributed by atoms with van der Waals surface area (Å²) in [5.74, 6) is 2.05. The van der Waals surface area contributed by atoms with E-state index in [1.807, 2.05) is 31.4 Å². The zero-order chi connectivity index (χ0) is 16.7. The van der Waals surface area contributed by atoms with Gasteiger partial charge in [0.1, 0.15) is 5.82 Å². The van der Waals surface area contributed by atoms with E-state index in [2.05, 4.69) is 25.5 Å². The van der Waals surface area contributed by atoms with Gasteiger partial charge in [0.25, 0.3) is 0 Å². The maximum Gasteiger partial charge on any atom is 0.193 e. The molecule has 2 heterocycles. The number of halogens is 1. The van der Waals surface area contributed by atoms with Crippen molar-refractivity contribution < 1.29 is 0 Å². The second-order valence-corrected chi connectivity index (χ2v) is 7.20. The van der Waals surface area contributed by atoms with Gasteiger partial charge >= 0.3 is 0 Å². The molecular formula is C19H32IN5. The van der Waals surface area contributed by atoms with E-state index >= 15 is 0 Å². The van der Waals surface area contributed by atoms with Crippen LogP contribution in [0.25, 0.3) is 0 Å². The monoisotopic (exact) mass is 457 g/mol. The fourth-order valence-corrected chi connectivity index (χ4v) is 4.12. The van der Waals surface area contributed by atoms with Crippen LogP contribution in [0.5, 0.6) is 0 Å². The molecule has 1 aliphatic carbocycles. The lowest BCUT2D eigenvalue weighted by atomic mass is 9.86. The first-order valence-electron chi connectivity index (χ1n) is 9.42. The maximum atomic E-state index is 4.50. The van der Waals surface area contributed by atoms with Gasteiger partial charge in [0.15, 0.2) is 5.96 Å². The number of nitrogens with one attached hydrogen (secondary N) is 2. The molecule has 0 bridgehead atoms. The molecule has 25 heavy (non-hydrogen) atoms. The van der Waals surface area contributed by atoms with Crippen molar-refractivity contribution in [1.82, 2.24) is 15.2 Å². The van der Waals surface area contributed by atoms with E-state index in [-0.39, 0.29) is 24.0 Å². The van der Waals surface area contributed by atoms with Gasteiger partial charge in [-0.3, -0.25) is 4.99 Å². The summed E-state index contributed by atoms with van der Waals surface area (Å²) in [6.45, 7) is 4.32. The van der Waals surface area contributed by atoms with Crippen LogP contribution < -0.4 is 10.6 Å². The number of pyridine rings is 1. The van der Waals surface area contributed by atoms with Crippen molar-refractivity contribution >= 4 is 35.8 Å². The first-order chi connectivity index (χ1) is 11.8. The molecule has 3 rings (SSSR count). The summed E-state index contributed by atoms with van der Waals surface area (Å²) in [6, 6.07) is 5.95. The molecule has 2 N–H and O–H groups in total. The van der Waals surface area contributed by atoms with Gasteiger partial charge in [-0.15, -0.1) is 24.0 Å². The van der Waals surface area contributed by atoms with Crippen LogP contribution >= 0.6 is 24.0 Å². The maximum absolute atomic E-state index is 4.50. The van der Waals surface area contributed by atoms with Gasteiger partial charge in [-0.2, -0.15) is 0 Å². The van der Waals surface area contributed by atoms with Crippen molar-refractivity contribution in [1.29, 1.82) is 0 Å². The minimum absolute atomic E-state index is 0. The van der Waals surface area contributed by atoms with E-state index in [1.165, 1.54) is 45.2 Å². The summed E-state index contributed by atoms with van der Waals surface area (Å²) >= 11 is 0. The van der Waals surface area contributed by atoms with Crippen molar-refractivity contribution in [2.45, 2.75) is 44.9 Å². The van der Waals surface area contributed by atoms with Gasteiger partial charge < -0.3 is 15.5 Å². The Morgan fingerprint density at radius 2 is 2.00 bits per heavy atom. The first-order valence-corrected chi connectivity index (χ1v) is 9.42. The van der Waals surface area contributed by atoms with Crippen LogP contribution in [-0.2, 0) is 0 Å². The third-order valence-corrected chi connectivity index (χ3v) is 5.47. The Morgan fingerprint density at radius 1 is 1.20 bits per heavy atom. The Kier molecular flexibility index (Phi) is 8.26. The average Bonchev–Trinajstić information content (AvgIpc) is 3.25. The lowest BCUT2D eigenvalue weighted by Gasteiger charge is -2.25. The highest BCUT2D eigenvalue weighted by atomic mass is 127. The Labute approximate surface area is 169 Å². The number of unbranched alkanes of at least 4 members (excludes halogenated alkanes) is 1. The van der Waals surface area contributed by atoms with E-state index in [9.17, 15) is 0 Å². The number of aromatic nitrogens is 1. The van der Waals surface area contributed by atoms with E-state index in [4.69, 9.17) is 0 Å². The largest absolute Gasteiger partial charge is 0.370 e. The highest BCUT2D eigenvalue weighted by molar-refractivity contribution is 14.0. The van der Waals surface area contributed by atoms with Crippen molar-refractivity contribution in [2.24, 2.45) is 10.4 Å². The molecule has 1 aromatic rings. The summed E-state index contributed by atoms with van der Waals surface area (Å²) in [4.78, 5) is 11.2. The third kappa shape index (κ3) is 5.72. The lowest BCUT2D eigenvalue weighted by Crippen LogP contribution is -2.41. The number of hydrogen-bond donors (Lipinski definition) is 2. The van der Waals surface area contributed by atoms with Crippen LogP contribution in [0, 0.1) is 5.41 Å². The lowest BCUT2D eigenvalue weighted by molar-refractivity contribution is 0.309. The number of nitrogens with zero attached hydrogens (tertiary/aromatic N) is 3. The van der Waals surface area contributed by atoms with Crippen LogP contribution in [0.15, 0.2) is 29.4 Å². The molecule has 1 aliphatic heterocycles. The average molecular weight is 457 g/mol. The number of hydrogen-bond acceptors (Lipinski definition) is 3. The number of anilines is 1. The van der Waals surface area contributed by atoms with Gasteiger partial charge in [-0.25, -0.2) is 4.98 Å². The molecule has 0 aromatic carbocycles. The quantitative estimate of drug-likeness (QED) is 0.296. The van der Waals surface area contributed by atoms with Gasteiger partial charge in [0.2, 0.25) is 0 Å². The van der Waals surface area contributed by atoms with Crippen LogP contribution in [0.1, 0.15) is 44.9 Å². The topological polar surface area (TPSA) is 52.6 Å². The van der Waals surface area contributed by atoms with E-state index in [0.29, 0.717) is 5.41 Å². The zero-order valence-corrected chi connectivity index (χ0v) is 17.7. The minimum atomic E-state index is 0. The summed E-state index contributed by atoms with van der Waals surface area (Å²) in [7, 11) is 1.91. The Hall–Kier alpha value is -1.05. The Morgan fingerprint density at radius 3 is 2.72 bits per heavy atom. The molecule has 6 heteroatoms. The number of rotatable bonds is 6. The molecular weight excluding hydrogens is 425 g/mol.